The van der Waals surface area contributed by atoms with Crippen LogP contribution in [0.5, 0.6) is 0 Å². The van der Waals surface area contributed by atoms with Crippen molar-refractivity contribution in [2.45, 2.75) is 96.8 Å². The molecule has 0 aromatic heterocycles. The monoisotopic (exact) mass is 419 g/mol. The van der Waals surface area contributed by atoms with Crippen molar-refractivity contribution in [1.29, 1.82) is 0 Å². The van der Waals surface area contributed by atoms with E-state index in [1.165, 1.54) is 107 Å². The van der Waals surface area contributed by atoms with E-state index in [0.717, 1.165) is 6.54 Å². The van der Waals surface area contributed by atoms with Crippen molar-refractivity contribution in [2.75, 3.05) is 11.9 Å². The summed E-state index contributed by atoms with van der Waals surface area (Å²) in [5.74, 6) is 0. The van der Waals surface area contributed by atoms with Gasteiger partial charge in [-0.15, -0.1) is 0 Å². The average molecular weight is 420 g/mol. The number of allylic oxidation sites excluding steroid dienone is 2. The first-order valence-corrected chi connectivity index (χ1v) is 12.9. The Morgan fingerprint density at radius 1 is 0.581 bits per heavy atom. The van der Waals surface area contributed by atoms with Gasteiger partial charge in [0.2, 0.25) is 0 Å². The van der Waals surface area contributed by atoms with Gasteiger partial charge in [0, 0.05) is 17.8 Å². The number of hydrogen-bond acceptors (Lipinski definition) is 1. The summed E-state index contributed by atoms with van der Waals surface area (Å²) in [6.45, 7) is 3.35. The van der Waals surface area contributed by atoms with E-state index >= 15 is 0 Å². The Bertz CT molecular complexity index is 689. The number of benzene rings is 2. The quantitative estimate of drug-likeness (QED) is 0.187. The van der Waals surface area contributed by atoms with Crippen LogP contribution in [0.15, 0.2) is 66.7 Å². The highest BCUT2D eigenvalue weighted by Crippen LogP contribution is 2.27. The van der Waals surface area contributed by atoms with Gasteiger partial charge in [-0.2, -0.15) is 0 Å². The molecule has 0 aliphatic heterocycles. The van der Waals surface area contributed by atoms with Crippen molar-refractivity contribution in [3.63, 3.8) is 0 Å². The van der Waals surface area contributed by atoms with E-state index in [2.05, 4.69) is 79.0 Å². The molecule has 0 bridgehead atoms. The second-order valence-electron chi connectivity index (χ2n) is 8.78. The van der Waals surface area contributed by atoms with Crippen LogP contribution < -0.4 is 5.32 Å². The molecule has 0 aliphatic carbocycles. The average Bonchev–Trinajstić information content (AvgIpc) is 2.82. The Morgan fingerprint density at radius 2 is 1.13 bits per heavy atom. The van der Waals surface area contributed by atoms with E-state index in [4.69, 9.17) is 0 Å². The van der Waals surface area contributed by atoms with Crippen LogP contribution >= 0.6 is 0 Å². The maximum atomic E-state index is 3.65. The summed E-state index contributed by atoms with van der Waals surface area (Å²) in [5.41, 5.74) is 3.83. The molecule has 0 saturated heterocycles. The Hall–Kier alpha value is -2.02. The van der Waals surface area contributed by atoms with Gasteiger partial charge in [-0.05, 0) is 43.7 Å². The highest BCUT2D eigenvalue weighted by atomic mass is 14.9. The largest absolute Gasteiger partial charge is 0.385 e. The van der Waals surface area contributed by atoms with Crippen LogP contribution in [0.2, 0.25) is 0 Å². The van der Waals surface area contributed by atoms with Gasteiger partial charge in [-0.1, -0.05) is 125 Å². The topological polar surface area (TPSA) is 12.0 Å². The highest BCUT2D eigenvalue weighted by Gasteiger charge is 2.03. The van der Waals surface area contributed by atoms with Gasteiger partial charge >= 0.3 is 0 Å². The lowest BCUT2D eigenvalue weighted by Gasteiger charge is -2.12. The first-order chi connectivity index (χ1) is 15.4. The van der Waals surface area contributed by atoms with Gasteiger partial charge in [0.15, 0.2) is 0 Å². The number of para-hydroxylation sites is 1. The second-order valence-corrected chi connectivity index (χ2v) is 8.78. The van der Waals surface area contributed by atoms with E-state index < -0.39 is 0 Å². The molecule has 170 valence electrons. The van der Waals surface area contributed by atoms with E-state index in [0.29, 0.717) is 0 Å². The molecule has 0 spiro atoms. The summed E-state index contributed by atoms with van der Waals surface area (Å²) in [4.78, 5) is 0. The summed E-state index contributed by atoms with van der Waals surface area (Å²) in [7, 11) is 0. The Balaban J connectivity index is 1.43. The minimum Gasteiger partial charge on any atom is -0.385 e. The smallest absolute Gasteiger partial charge is 0.0419 e. The highest BCUT2D eigenvalue weighted by molar-refractivity contribution is 5.77. The number of anilines is 1. The maximum absolute atomic E-state index is 3.65. The number of nitrogens with one attached hydrogen (secondary N) is 1. The Labute approximate surface area is 192 Å². The van der Waals surface area contributed by atoms with Crippen molar-refractivity contribution in [3.8, 4) is 11.1 Å². The number of hydrogen-bond donors (Lipinski definition) is 1. The van der Waals surface area contributed by atoms with Crippen LogP contribution in [0, 0.1) is 0 Å². The third-order valence-corrected chi connectivity index (χ3v) is 6.02. The van der Waals surface area contributed by atoms with E-state index in [-0.39, 0.29) is 0 Å². The van der Waals surface area contributed by atoms with E-state index in [1.807, 2.05) is 0 Å². The fourth-order valence-corrected chi connectivity index (χ4v) is 4.10. The molecule has 0 unspecified atom stereocenters. The third-order valence-electron chi connectivity index (χ3n) is 6.02. The van der Waals surface area contributed by atoms with Crippen LogP contribution in [0.25, 0.3) is 11.1 Å². The van der Waals surface area contributed by atoms with Crippen molar-refractivity contribution in [3.05, 3.63) is 66.7 Å². The Kier molecular flexibility index (Phi) is 14.4. The van der Waals surface area contributed by atoms with Gasteiger partial charge < -0.3 is 5.32 Å². The van der Waals surface area contributed by atoms with Crippen molar-refractivity contribution < 1.29 is 0 Å². The predicted octanol–water partition coefficient (Wildman–Crippen LogP) is 9.80. The lowest BCUT2D eigenvalue weighted by molar-refractivity contribution is 0.602. The van der Waals surface area contributed by atoms with Crippen LogP contribution in [0.1, 0.15) is 96.8 Å². The molecule has 1 heteroatoms. The molecule has 2 aromatic rings. The van der Waals surface area contributed by atoms with Crippen LogP contribution in [-0.2, 0) is 0 Å². The molecular formula is C30H45N. The molecule has 0 amide bonds. The van der Waals surface area contributed by atoms with Gasteiger partial charge in [-0.25, -0.2) is 0 Å². The molecule has 2 aromatic carbocycles. The number of unbranched alkanes of at least 4 members (excludes halogenated alkanes) is 12. The summed E-state index contributed by atoms with van der Waals surface area (Å²) in [6, 6.07) is 19.3. The van der Waals surface area contributed by atoms with Gasteiger partial charge in [0.05, 0.1) is 0 Å². The molecule has 0 radical (unpaired) electrons. The predicted molar refractivity (Wildman–Crippen MR) is 140 cm³/mol. The molecule has 0 aliphatic rings. The molecule has 1 N–H and O–H groups in total. The van der Waals surface area contributed by atoms with Crippen molar-refractivity contribution >= 4 is 5.69 Å². The third kappa shape index (κ3) is 11.8. The minimum atomic E-state index is 1.06. The summed E-state index contributed by atoms with van der Waals surface area (Å²) >= 11 is 0. The zero-order valence-electron chi connectivity index (χ0n) is 20.0. The van der Waals surface area contributed by atoms with E-state index in [1.54, 1.807) is 0 Å². The number of rotatable bonds is 18. The van der Waals surface area contributed by atoms with Crippen LogP contribution in [0.4, 0.5) is 5.69 Å². The molecule has 31 heavy (non-hydrogen) atoms. The molecular weight excluding hydrogens is 374 g/mol. The summed E-state index contributed by atoms with van der Waals surface area (Å²) in [5, 5.41) is 3.65. The van der Waals surface area contributed by atoms with E-state index in [9.17, 15) is 0 Å². The Morgan fingerprint density at radius 3 is 1.81 bits per heavy atom. The summed E-state index contributed by atoms with van der Waals surface area (Å²) < 4.78 is 0. The van der Waals surface area contributed by atoms with Crippen molar-refractivity contribution in [1.82, 2.24) is 0 Å². The lowest BCUT2D eigenvalue weighted by Crippen LogP contribution is -2.02. The van der Waals surface area contributed by atoms with Crippen molar-refractivity contribution in [2.24, 2.45) is 0 Å². The van der Waals surface area contributed by atoms with Gasteiger partial charge in [0.1, 0.15) is 0 Å². The minimum absolute atomic E-state index is 1.06. The second kappa shape index (κ2) is 17.6. The van der Waals surface area contributed by atoms with Crippen LogP contribution in [0.3, 0.4) is 0 Å². The standard InChI is InChI=1S/C30H45N/c1-2-3-4-5-6-7-8-9-10-11-12-13-14-15-16-22-27-31-30-26-21-20-25-29(30)28-23-18-17-19-24-28/h9-10,17-21,23-26,31H,2-8,11-16,22,27H2,1H3/b10-9-. The summed E-state index contributed by atoms with van der Waals surface area (Å²) in [6.07, 6.45) is 23.9. The molecule has 0 saturated carbocycles. The fraction of sp³-hybridized carbons (Fsp3) is 0.533. The SMILES string of the molecule is CCCCCCCC/C=C\CCCCCCCCNc1ccccc1-c1ccccc1. The molecule has 1 nitrogen and oxygen atoms in total. The fourth-order valence-electron chi connectivity index (χ4n) is 4.10. The zero-order valence-corrected chi connectivity index (χ0v) is 20.0. The van der Waals surface area contributed by atoms with Crippen LogP contribution in [-0.4, -0.2) is 6.54 Å². The molecule has 0 heterocycles. The van der Waals surface area contributed by atoms with Gasteiger partial charge in [-0.3, -0.25) is 0 Å². The zero-order chi connectivity index (χ0) is 21.8. The molecule has 2 rings (SSSR count). The normalized spacial score (nSPS) is 11.3. The maximum Gasteiger partial charge on any atom is 0.0419 e. The first kappa shape index (κ1) is 25.2. The van der Waals surface area contributed by atoms with Gasteiger partial charge in [0.25, 0.3) is 0 Å². The lowest BCUT2D eigenvalue weighted by atomic mass is 10.0. The molecule has 0 fully saturated rings. The first-order valence-electron chi connectivity index (χ1n) is 12.9. The molecule has 0 atom stereocenters.